The van der Waals surface area contributed by atoms with Gasteiger partial charge in [0.2, 0.25) is 5.91 Å². The molecule has 1 aromatic heterocycles. The summed E-state index contributed by atoms with van der Waals surface area (Å²) in [5, 5.41) is 0.338. The second-order valence-electron chi connectivity index (χ2n) is 7.52. The molecule has 0 atom stereocenters. The van der Waals surface area contributed by atoms with Gasteiger partial charge in [0.15, 0.2) is 5.82 Å². The van der Waals surface area contributed by atoms with Crippen molar-refractivity contribution < 1.29 is 18.3 Å². The van der Waals surface area contributed by atoms with Gasteiger partial charge in [0.25, 0.3) is 5.19 Å². The lowest BCUT2D eigenvalue weighted by molar-refractivity contribution is -0.132. The number of halogens is 2. The Morgan fingerprint density at radius 3 is 2.72 bits per heavy atom. The van der Waals surface area contributed by atoms with Crippen LogP contribution in [0.2, 0.25) is 0 Å². The van der Waals surface area contributed by atoms with E-state index in [1.165, 1.54) is 6.07 Å². The molecule has 1 amide bonds. The van der Waals surface area contributed by atoms with E-state index in [2.05, 4.69) is 17.1 Å². The van der Waals surface area contributed by atoms with Crippen LogP contribution in [0.3, 0.4) is 0 Å². The summed E-state index contributed by atoms with van der Waals surface area (Å²) in [6.07, 6.45) is 1.69. The largest absolute Gasteiger partial charge is 0.467 e. The van der Waals surface area contributed by atoms with E-state index in [4.69, 9.17) is 4.74 Å². The Balaban J connectivity index is 1.35. The van der Waals surface area contributed by atoms with Crippen LogP contribution in [0.25, 0.3) is 10.2 Å². The normalized spacial score (nSPS) is 15.1. The van der Waals surface area contributed by atoms with Gasteiger partial charge in [-0.15, -0.1) is 0 Å². The lowest BCUT2D eigenvalue weighted by Crippen LogP contribution is -2.42. The Hall–Kier alpha value is -2.54. The van der Waals surface area contributed by atoms with Crippen LogP contribution in [0, 0.1) is 25.5 Å². The molecule has 1 aliphatic heterocycles. The van der Waals surface area contributed by atoms with Crippen molar-refractivity contribution in [2.45, 2.75) is 39.2 Å². The summed E-state index contributed by atoms with van der Waals surface area (Å²) in [7, 11) is 0. The fourth-order valence-corrected chi connectivity index (χ4v) is 4.54. The number of carbonyl (C=O) groups excluding carboxylic acids is 1. The van der Waals surface area contributed by atoms with Gasteiger partial charge in [-0.05, 0) is 31.0 Å². The predicted octanol–water partition coefficient (Wildman–Crippen LogP) is 4.80. The molecule has 0 unspecified atom stereocenters. The minimum atomic E-state index is -0.682. The Morgan fingerprint density at radius 1 is 1.21 bits per heavy atom. The van der Waals surface area contributed by atoms with E-state index in [-0.39, 0.29) is 17.5 Å². The third-order valence-corrected chi connectivity index (χ3v) is 6.20. The van der Waals surface area contributed by atoms with E-state index in [1.54, 1.807) is 0 Å². The summed E-state index contributed by atoms with van der Waals surface area (Å²) in [5.41, 5.74) is 3.48. The second kappa shape index (κ2) is 8.06. The number of carbonyl (C=O) groups is 1. The Labute approximate surface area is 172 Å². The van der Waals surface area contributed by atoms with E-state index in [0.29, 0.717) is 42.2 Å². The average Bonchev–Trinajstić information content (AvgIpc) is 3.08. The van der Waals surface area contributed by atoms with Crippen molar-refractivity contribution in [1.29, 1.82) is 0 Å². The van der Waals surface area contributed by atoms with Gasteiger partial charge in [-0.25, -0.2) is 8.78 Å². The summed E-state index contributed by atoms with van der Waals surface area (Å²) in [6.45, 7) is 5.28. The third kappa shape index (κ3) is 4.40. The molecule has 7 heteroatoms. The van der Waals surface area contributed by atoms with Crippen molar-refractivity contribution in [3.63, 3.8) is 0 Å². The van der Waals surface area contributed by atoms with Crippen LogP contribution in [0.4, 0.5) is 8.78 Å². The third-order valence-electron chi connectivity index (χ3n) is 5.30. The van der Waals surface area contributed by atoms with Crippen LogP contribution in [0.15, 0.2) is 30.3 Å². The van der Waals surface area contributed by atoms with Gasteiger partial charge >= 0.3 is 0 Å². The average molecular weight is 416 g/mol. The van der Waals surface area contributed by atoms with Gasteiger partial charge in [-0.2, -0.15) is 4.98 Å². The lowest BCUT2D eigenvalue weighted by atomic mass is 10.0. The molecule has 0 aliphatic carbocycles. The molecule has 1 aliphatic rings. The van der Waals surface area contributed by atoms with Crippen LogP contribution in [-0.2, 0) is 11.2 Å². The van der Waals surface area contributed by atoms with Gasteiger partial charge in [0.05, 0.1) is 11.1 Å². The number of hydrogen-bond donors (Lipinski definition) is 0. The number of hydrogen-bond acceptors (Lipinski definition) is 4. The first-order valence-electron chi connectivity index (χ1n) is 9.65. The van der Waals surface area contributed by atoms with Crippen LogP contribution < -0.4 is 4.74 Å². The summed E-state index contributed by atoms with van der Waals surface area (Å²) < 4.78 is 33.5. The highest BCUT2D eigenvalue weighted by molar-refractivity contribution is 7.20. The molecule has 1 fully saturated rings. The second-order valence-corrected chi connectivity index (χ2v) is 8.51. The molecule has 4 nitrogen and oxygen atoms in total. The summed E-state index contributed by atoms with van der Waals surface area (Å²) in [5.74, 6) is -1.19. The van der Waals surface area contributed by atoms with Crippen molar-refractivity contribution in [3.8, 4) is 5.19 Å². The van der Waals surface area contributed by atoms with E-state index in [0.717, 1.165) is 34.1 Å². The van der Waals surface area contributed by atoms with Gasteiger partial charge in [-0.1, -0.05) is 35.1 Å². The van der Waals surface area contributed by atoms with E-state index < -0.39 is 11.6 Å². The van der Waals surface area contributed by atoms with Crippen LogP contribution >= 0.6 is 11.3 Å². The minimum absolute atomic E-state index is 0.0896. The molecule has 152 valence electrons. The zero-order valence-corrected chi connectivity index (χ0v) is 17.2. The van der Waals surface area contributed by atoms with Crippen molar-refractivity contribution in [1.82, 2.24) is 9.88 Å². The number of fused-ring (bicyclic) bond motifs is 1. The number of amides is 1. The molecule has 29 heavy (non-hydrogen) atoms. The number of benzene rings is 2. The number of ether oxygens (including phenoxy) is 1. The Morgan fingerprint density at radius 2 is 1.97 bits per heavy atom. The quantitative estimate of drug-likeness (QED) is 0.613. The summed E-state index contributed by atoms with van der Waals surface area (Å²) in [6, 6.07) is 8.25. The van der Waals surface area contributed by atoms with Crippen molar-refractivity contribution in [3.05, 3.63) is 58.7 Å². The molecule has 2 heterocycles. The number of piperidine rings is 1. The number of aromatic nitrogens is 1. The topological polar surface area (TPSA) is 42.4 Å². The first-order valence-corrected chi connectivity index (χ1v) is 10.5. The van der Waals surface area contributed by atoms with E-state index in [9.17, 15) is 13.6 Å². The molecular weight excluding hydrogens is 394 g/mol. The Kier molecular flexibility index (Phi) is 5.50. The molecule has 2 aromatic carbocycles. The molecule has 3 aromatic rings. The van der Waals surface area contributed by atoms with Gasteiger partial charge in [-0.3, -0.25) is 4.79 Å². The first-order chi connectivity index (χ1) is 13.9. The SMILES string of the molecule is Cc1ccc(C)c(CC(=O)N2CCC(Oc3nc4c(F)cc(F)cc4s3)CC2)c1. The zero-order chi connectivity index (χ0) is 20.5. The van der Waals surface area contributed by atoms with E-state index >= 15 is 0 Å². The molecule has 0 N–H and O–H groups in total. The minimum Gasteiger partial charge on any atom is -0.467 e. The van der Waals surface area contributed by atoms with Gasteiger partial charge in [0, 0.05) is 32.0 Å². The van der Waals surface area contributed by atoms with Crippen molar-refractivity contribution in [2.24, 2.45) is 0 Å². The number of thiazole rings is 1. The van der Waals surface area contributed by atoms with Crippen LogP contribution in [0.1, 0.15) is 29.5 Å². The lowest BCUT2D eigenvalue weighted by Gasteiger charge is -2.31. The monoisotopic (exact) mass is 416 g/mol. The maximum Gasteiger partial charge on any atom is 0.274 e. The number of nitrogens with zero attached hydrogens (tertiary/aromatic N) is 2. The standard InChI is InChI=1S/C22H22F2N2O2S/c1-13-3-4-14(2)15(9-13)10-20(27)26-7-5-17(6-8-26)28-22-25-21-18(24)11-16(23)12-19(21)29-22/h3-4,9,11-12,17H,5-8,10H2,1-2H3. The Bertz CT molecular complexity index is 1060. The number of likely N-dealkylation sites (tertiary alicyclic amines) is 1. The van der Waals surface area contributed by atoms with Gasteiger partial charge < -0.3 is 9.64 Å². The van der Waals surface area contributed by atoms with E-state index in [1.807, 2.05) is 24.8 Å². The van der Waals surface area contributed by atoms with Crippen LogP contribution in [0.5, 0.6) is 5.19 Å². The zero-order valence-electron chi connectivity index (χ0n) is 16.4. The summed E-state index contributed by atoms with van der Waals surface area (Å²) in [4.78, 5) is 18.7. The maximum absolute atomic E-state index is 13.8. The van der Waals surface area contributed by atoms with Crippen LogP contribution in [-0.4, -0.2) is 35.0 Å². The molecule has 1 saturated heterocycles. The molecular formula is C22H22F2N2O2S. The number of aryl methyl sites for hydroxylation is 2. The maximum atomic E-state index is 13.8. The van der Waals surface area contributed by atoms with Crippen molar-refractivity contribution >= 4 is 27.5 Å². The molecule has 0 radical (unpaired) electrons. The number of rotatable bonds is 4. The highest BCUT2D eigenvalue weighted by atomic mass is 32.1. The molecule has 0 saturated carbocycles. The highest BCUT2D eigenvalue weighted by Crippen LogP contribution is 2.32. The summed E-state index contributed by atoms with van der Waals surface area (Å²) >= 11 is 1.14. The molecule has 0 spiro atoms. The first kappa shape index (κ1) is 19.8. The fraction of sp³-hybridized carbons (Fsp3) is 0.364. The smallest absolute Gasteiger partial charge is 0.274 e. The molecule has 4 rings (SSSR count). The van der Waals surface area contributed by atoms with Crippen molar-refractivity contribution in [2.75, 3.05) is 13.1 Å². The van der Waals surface area contributed by atoms with Gasteiger partial charge in [0.1, 0.15) is 17.4 Å². The highest BCUT2D eigenvalue weighted by Gasteiger charge is 2.25. The fourth-order valence-electron chi connectivity index (χ4n) is 3.62. The molecule has 0 bridgehead atoms. The predicted molar refractivity (Wildman–Crippen MR) is 109 cm³/mol.